The van der Waals surface area contributed by atoms with E-state index < -0.39 is 0 Å². The van der Waals surface area contributed by atoms with E-state index in [1.807, 2.05) is 84.3 Å². The van der Waals surface area contributed by atoms with Gasteiger partial charge in [0.05, 0.1) is 30.5 Å². The Balaban J connectivity index is 1.48. The van der Waals surface area contributed by atoms with E-state index in [2.05, 4.69) is 27.6 Å². The fraction of sp³-hybridized carbons (Fsp3) is 0.148. The fourth-order valence-electron chi connectivity index (χ4n) is 3.58. The third-order valence-corrected chi connectivity index (χ3v) is 5.37. The highest BCUT2D eigenvalue weighted by molar-refractivity contribution is 5.99. The van der Waals surface area contributed by atoms with Crippen LogP contribution < -0.4 is 10.2 Å². The summed E-state index contributed by atoms with van der Waals surface area (Å²) in [7, 11) is 1.63. The van der Waals surface area contributed by atoms with Crippen LogP contribution in [-0.2, 0) is 11.3 Å². The number of methoxy groups -OCH3 is 1. The molecule has 166 valence electrons. The van der Waals surface area contributed by atoms with Crippen LogP contribution in [0.1, 0.15) is 18.9 Å². The molecule has 33 heavy (non-hydrogen) atoms. The van der Waals surface area contributed by atoms with Gasteiger partial charge in [-0.1, -0.05) is 60.7 Å². The van der Waals surface area contributed by atoms with Crippen molar-refractivity contribution in [2.24, 2.45) is 5.10 Å². The molecule has 0 saturated heterocycles. The second-order valence-corrected chi connectivity index (χ2v) is 7.58. The van der Waals surface area contributed by atoms with Crippen LogP contribution in [0.5, 0.6) is 5.75 Å². The number of nitrogens with one attached hydrogen (secondary N) is 1. The zero-order valence-corrected chi connectivity index (χ0v) is 18.7. The Kier molecular flexibility index (Phi) is 6.95. The Hall–Kier alpha value is -4.19. The van der Waals surface area contributed by atoms with Crippen molar-refractivity contribution >= 4 is 11.6 Å². The van der Waals surface area contributed by atoms with Crippen LogP contribution in [0, 0.1) is 0 Å². The molecule has 0 spiro atoms. The van der Waals surface area contributed by atoms with Crippen LogP contribution in [0.15, 0.2) is 96.4 Å². The van der Waals surface area contributed by atoms with Crippen LogP contribution in [-0.4, -0.2) is 28.3 Å². The summed E-state index contributed by atoms with van der Waals surface area (Å²) in [5, 5.41) is 4.25. The zero-order valence-electron chi connectivity index (χ0n) is 18.7. The number of carbonyl (C=O) groups is 1. The molecule has 0 saturated carbocycles. The lowest BCUT2D eigenvalue weighted by atomic mass is 10.0. The Morgan fingerprint density at radius 3 is 2.21 bits per heavy atom. The van der Waals surface area contributed by atoms with Crippen molar-refractivity contribution in [3.8, 4) is 28.3 Å². The molecule has 6 heteroatoms. The maximum Gasteiger partial charge on any atom is 0.241 e. The van der Waals surface area contributed by atoms with E-state index >= 15 is 0 Å². The first-order valence-corrected chi connectivity index (χ1v) is 10.8. The van der Waals surface area contributed by atoms with Gasteiger partial charge in [0, 0.05) is 24.1 Å². The van der Waals surface area contributed by atoms with E-state index in [0.29, 0.717) is 6.54 Å². The molecule has 1 N–H and O–H groups in total. The topological polar surface area (TPSA) is 68.5 Å². The number of rotatable bonds is 8. The second-order valence-electron chi connectivity index (χ2n) is 7.58. The number of carbonyl (C=O) groups excluding carboxylic acids is 1. The molecule has 4 aromatic rings. The highest BCUT2D eigenvalue weighted by Crippen LogP contribution is 2.31. The zero-order chi connectivity index (χ0) is 23.0. The Bertz CT molecular complexity index is 1230. The predicted molar refractivity (Wildman–Crippen MR) is 131 cm³/mol. The summed E-state index contributed by atoms with van der Waals surface area (Å²) in [4.78, 5) is 17.2. The largest absolute Gasteiger partial charge is 0.497 e. The number of hydrogen-bond donors (Lipinski definition) is 1. The molecular weight excluding hydrogens is 412 g/mol. The molecule has 1 aromatic heterocycles. The molecule has 6 nitrogen and oxygen atoms in total. The van der Waals surface area contributed by atoms with Gasteiger partial charge in [-0.3, -0.25) is 4.79 Å². The number of benzene rings is 3. The molecule has 4 rings (SSSR count). The standard InChI is InChI=1S/C27H26N4O2/c1-20(21-13-15-24(33-2)16-14-21)29-30-25(32)17-18-31-19-28-26(22-9-5-3-6-10-22)27(31)23-11-7-4-8-12-23/h3-16,19H,17-18H2,1-2H3,(H,30,32)/b29-20+. The van der Waals surface area contributed by atoms with Crippen molar-refractivity contribution < 1.29 is 9.53 Å². The van der Waals surface area contributed by atoms with Gasteiger partial charge in [-0.15, -0.1) is 0 Å². The summed E-state index contributed by atoms with van der Waals surface area (Å²) in [6.07, 6.45) is 2.08. The van der Waals surface area contributed by atoms with Gasteiger partial charge in [0.15, 0.2) is 0 Å². The minimum Gasteiger partial charge on any atom is -0.497 e. The molecule has 0 bridgehead atoms. The van der Waals surface area contributed by atoms with E-state index in [-0.39, 0.29) is 12.3 Å². The molecule has 0 aliphatic carbocycles. The van der Waals surface area contributed by atoms with Gasteiger partial charge in [0.1, 0.15) is 5.75 Å². The lowest BCUT2D eigenvalue weighted by molar-refractivity contribution is -0.121. The number of amides is 1. The molecule has 1 amide bonds. The van der Waals surface area contributed by atoms with E-state index in [1.54, 1.807) is 13.4 Å². The van der Waals surface area contributed by atoms with Gasteiger partial charge in [-0.05, 0) is 36.8 Å². The Labute approximate surface area is 193 Å². The van der Waals surface area contributed by atoms with Crippen molar-refractivity contribution in [1.82, 2.24) is 15.0 Å². The normalized spacial score (nSPS) is 11.3. The van der Waals surface area contributed by atoms with E-state index in [0.717, 1.165) is 39.5 Å². The average molecular weight is 439 g/mol. The number of ether oxygens (including phenoxy) is 1. The summed E-state index contributed by atoms with van der Waals surface area (Å²) >= 11 is 0. The highest BCUT2D eigenvalue weighted by Gasteiger charge is 2.15. The van der Waals surface area contributed by atoms with Crippen molar-refractivity contribution in [2.75, 3.05) is 7.11 Å². The van der Waals surface area contributed by atoms with Crippen molar-refractivity contribution in [3.63, 3.8) is 0 Å². The second kappa shape index (κ2) is 10.4. The molecule has 0 aliphatic rings. The van der Waals surface area contributed by atoms with Gasteiger partial charge >= 0.3 is 0 Å². The number of imidazole rings is 1. The van der Waals surface area contributed by atoms with Crippen molar-refractivity contribution in [3.05, 3.63) is 96.8 Å². The SMILES string of the molecule is COc1ccc(/C(C)=N/NC(=O)CCn2cnc(-c3ccccc3)c2-c2ccccc2)cc1. The van der Waals surface area contributed by atoms with Crippen molar-refractivity contribution in [1.29, 1.82) is 0 Å². The number of nitrogens with zero attached hydrogens (tertiary/aromatic N) is 3. The highest BCUT2D eigenvalue weighted by atomic mass is 16.5. The van der Waals surface area contributed by atoms with E-state index in [9.17, 15) is 4.79 Å². The molecule has 0 radical (unpaired) electrons. The van der Waals surface area contributed by atoms with Crippen molar-refractivity contribution in [2.45, 2.75) is 19.9 Å². The third kappa shape index (κ3) is 5.36. The summed E-state index contributed by atoms with van der Waals surface area (Å²) in [6.45, 7) is 2.35. The number of aromatic nitrogens is 2. The monoisotopic (exact) mass is 438 g/mol. The summed E-state index contributed by atoms with van der Waals surface area (Å²) in [5.41, 5.74) is 8.30. The first kappa shape index (κ1) is 22.0. The fourth-order valence-corrected chi connectivity index (χ4v) is 3.58. The molecule has 0 unspecified atom stereocenters. The first-order valence-electron chi connectivity index (χ1n) is 10.8. The molecule has 0 atom stereocenters. The van der Waals surface area contributed by atoms with Gasteiger partial charge in [0.2, 0.25) is 5.91 Å². The van der Waals surface area contributed by atoms with Crippen LogP contribution in [0.4, 0.5) is 0 Å². The first-order chi connectivity index (χ1) is 16.2. The summed E-state index contributed by atoms with van der Waals surface area (Å²) < 4.78 is 7.20. The number of aryl methyl sites for hydroxylation is 1. The Morgan fingerprint density at radius 1 is 0.939 bits per heavy atom. The summed E-state index contributed by atoms with van der Waals surface area (Å²) in [5.74, 6) is 0.622. The van der Waals surface area contributed by atoms with Gasteiger partial charge in [-0.25, -0.2) is 10.4 Å². The molecule has 0 fully saturated rings. The quantitative estimate of drug-likeness (QED) is 0.305. The minimum absolute atomic E-state index is 0.156. The predicted octanol–water partition coefficient (Wildman–Crippen LogP) is 5.16. The van der Waals surface area contributed by atoms with Gasteiger partial charge in [-0.2, -0.15) is 5.10 Å². The van der Waals surface area contributed by atoms with Crippen LogP contribution in [0.3, 0.4) is 0 Å². The smallest absolute Gasteiger partial charge is 0.241 e. The molecule has 3 aromatic carbocycles. The van der Waals surface area contributed by atoms with E-state index in [1.165, 1.54) is 0 Å². The van der Waals surface area contributed by atoms with E-state index in [4.69, 9.17) is 4.74 Å². The van der Waals surface area contributed by atoms with Crippen LogP contribution >= 0.6 is 0 Å². The number of hydrogen-bond acceptors (Lipinski definition) is 4. The lowest BCUT2D eigenvalue weighted by Gasteiger charge is -2.10. The maximum atomic E-state index is 12.5. The minimum atomic E-state index is -0.156. The Morgan fingerprint density at radius 2 is 1.58 bits per heavy atom. The molecule has 0 aliphatic heterocycles. The maximum absolute atomic E-state index is 12.5. The van der Waals surface area contributed by atoms with Crippen LogP contribution in [0.2, 0.25) is 0 Å². The summed E-state index contributed by atoms with van der Waals surface area (Å²) in [6, 6.07) is 27.7. The van der Waals surface area contributed by atoms with Gasteiger partial charge in [0.25, 0.3) is 0 Å². The van der Waals surface area contributed by atoms with Crippen LogP contribution in [0.25, 0.3) is 22.5 Å². The average Bonchev–Trinajstić information content (AvgIpc) is 3.31. The third-order valence-electron chi connectivity index (χ3n) is 5.37. The molecular formula is C27H26N4O2. The number of hydrazone groups is 1. The van der Waals surface area contributed by atoms with Gasteiger partial charge < -0.3 is 9.30 Å². The lowest BCUT2D eigenvalue weighted by Crippen LogP contribution is -2.20. The molecule has 1 heterocycles.